The lowest BCUT2D eigenvalue weighted by atomic mass is 9.72. The van der Waals surface area contributed by atoms with Gasteiger partial charge in [-0.25, -0.2) is 0 Å². The van der Waals surface area contributed by atoms with E-state index in [9.17, 15) is 0 Å². The molecule has 2 heteroatoms. The minimum atomic E-state index is -0.140. The quantitative estimate of drug-likeness (QED) is 0.401. The maximum atomic E-state index is 6.16. The Hall–Kier alpha value is -1.02. The van der Waals surface area contributed by atoms with Gasteiger partial charge in [0.1, 0.15) is 5.75 Å². The zero-order chi connectivity index (χ0) is 20.7. The van der Waals surface area contributed by atoms with Crippen LogP contribution in [0, 0.1) is 23.2 Å². The maximum Gasteiger partial charge on any atom is 0.199 e. The fraction of sp³-hybridized carbons (Fsp3) is 0.769. The number of hydrogen-bond acceptors (Lipinski definition) is 2. The second-order valence-corrected chi connectivity index (χ2v) is 10.5. The third kappa shape index (κ3) is 7.43. The van der Waals surface area contributed by atoms with Crippen LogP contribution >= 0.6 is 0 Å². The van der Waals surface area contributed by atoms with Gasteiger partial charge in [-0.2, -0.15) is 0 Å². The SMILES string of the molecule is CCC(OCC1CCC(C)CC1)Oc1ccc(C(CC(C)C)C(C)(C)C)cc1. The molecule has 1 saturated carbocycles. The van der Waals surface area contributed by atoms with Gasteiger partial charge in [-0.1, -0.05) is 73.4 Å². The van der Waals surface area contributed by atoms with E-state index in [1.54, 1.807) is 0 Å². The van der Waals surface area contributed by atoms with Gasteiger partial charge in [-0.15, -0.1) is 0 Å². The average Bonchev–Trinajstić information content (AvgIpc) is 2.64. The molecule has 1 aromatic rings. The molecule has 28 heavy (non-hydrogen) atoms. The minimum Gasteiger partial charge on any atom is -0.465 e. The van der Waals surface area contributed by atoms with Crippen LogP contribution in [0.15, 0.2) is 24.3 Å². The van der Waals surface area contributed by atoms with Gasteiger partial charge in [-0.3, -0.25) is 0 Å². The topological polar surface area (TPSA) is 18.5 Å². The lowest BCUT2D eigenvalue weighted by molar-refractivity contribution is -0.0966. The van der Waals surface area contributed by atoms with Gasteiger partial charge in [0.25, 0.3) is 0 Å². The Morgan fingerprint density at radius 3 is 2.11 bits per heavy atom. The molecule has 0 aromatic heterocycles. The van der Waals surface area contributed by atoms with E-state index in [2.05, 4.69) is 72.7 Å². The van der Waals surface area contributed by atoms with Crippen LogP contribution in [-0.2, 0) is 4.74 Å². The van der Waals surface area contributed by atoms with Gasteiger partial charge < -0.3 is 9.47 Å². The van der Waals surface area contributed by atoms with E-state index in [1.165, 1.54) is 37.7 Å². The van der Waals surface area contributed by atoms with Gasteiger partial charge in [0.15, 0.2) is 6.29 Å². The summed E-state index contributed by atoms with van der Waals surface area (Å²) in [6, 6.07) is 8.76. The Morgan fingerprint density at radius 1 is 1.00 bits per heavy atom. The summed E-state index contributed by atoms with van der Waals surface area (Å²) in [6.45, 7) is 17.0. The first kappa shape index (κ1) is 23.3. The summed E-state index contributed by atoms with van der Waals surface area (Å²) < 4.78 is 12.3. The normalized spacial score (nSPS) is 22.9. The number of hydrogen-bond donors (Lipinski definition) is 0. The van der Waals surface area contributed by atoms with Gasteiger partial charge in [0.2, 0.25) is 0 Å². The van der Waals surface area contributed by atoms with E-state index in [0.29, 0.717) is 17.8 Å². The Balaban J connectivity index is 1.92. The van der Waals surface area contributed by atoms with Crippen molar-refractivity contribution in [3.8, 4) is 5.75 Å². The zero-order valence-electron chi connectivity index (χ0n) is 19.5. The minimum absolute atomic E-state index is 0.140. The Kier molecular flexibility index (Phi) is 8.86. The molecule has 2 nitrogen and oxygen atoms in total. The molecule has 0 bridgehead atoms. The number of rotatable bonds is 9. The fourth-order valence-corrected chi connectivity index (χ4v) is 4.37. The molecular formula is C26H44O2. The highest BCUT2D eigenvalue weighted by molar-refractivity contribution is 5.30. The molecule has 1 fully saturated rings. The molecule has 1 aromatic carbocycles. The summed E-state index contributed by atoms with van der Waals surface area (Å²) in [6.07, 6.45) is 7.25. The summed E-state index contributed by atoms with van der Waals surface area (Å²) in [7, 11) is 0. The largest absolute Gasteiger partial charge is 0.465 e. The molecule has 0 amide bonds. The molecular weight excluding hydrogens is 344 g/mol. The smallest absolute Gasteiger partial charge is 0.199 e. The molecule has 160 valence electrons. The fourth-order valence-electron chi connectivity index (χ4n) is 4.37. The molecule has 0 saturated heterocycles. The van der Waals surface area contributed by atoms with E-state index in [-0.39, 0.29) is 11.7 Å². The van der Waals surface area contributed by atoms with Crippen LogP contribution in [-0.4, -0.2) is 12.9 Å². The lowest BCUT2D eigenvalue weighted by Gasteiger charge is -2.33. The van der Waals surface area contributed by atoms with Crippen molar-refractivity contribution in [2.45, 2.75) is 99.2 Å². The van der Waals surface area contributed by atoms with Gasteiger partial charge in [0, 0.05) is 6.42 Å². The highest BCUT2D eigenvalue weighted by atomic mass is 16.7. The predicted octanol–water partition coefficient (Wildman–Crippen LogP) is 7.82. The molecule has 0 radical (unpaired) electrons. The third-order valence-corrected chi connectivity index (χ3v) is 6.29. The standard InChI is InChI=1S/C26H44O2/c1-8-25(27-18-21-11-9-20(4)10-12-21)28-23-15-13-22(14-16-23)24(17-19(2)3)26(5,6)7/h13-16,19-21,24-25H,8-12,17-18H2,1-7H3. The average molecular weight is 389 g/mol. The predicted molar refractivity (Wildman–Crippen MR) is 120 cm³/mol. The summed E-state index contributed by atoms with van der Waals surface area (Å²) in [5.74, 6) is 3.78. The van der Waals surface area contributed by atoms with Crippen molar-refractivity contribution < 1.29 is 9.47 Å². The van der Waals surface area contributed by atoms with Gasteiger partial charge >= 0.3 is 0 Å². The summed E-state index contributed by atoms with van der Waals surface area (Å²) >= 11 is 0. The van der Waals surface area contributed by atoms with Crippen LogP contribution in [0.4, 0.5) is 0 Å². The Morgan fingerprint density at radius 2 is 1.61 bits per heavy atom. The van der Waals surface area contributed by atoms with Crippen molar-refractivity contribution in [2.75, 3.05) is 6.61 Å². The summed E-state index contributed by atoms with van der Waals surface area (Å²) in [5.41, 5.74) is 1.68. The molecule has 0 N–H and O–H groups in total. The van der Waals surface area contributed by atoms with Crippen molar-refractivity contribution in [1.29, 1.82) is 0 Å². The monoisotopic (exact) mass is 388 g/mol. The van der Waals surface area contributed by atoms with E-state index in [0.717, 1.165) is 24.7 Å². The summed E-state index contributed by atoms with van der Waals surface area (Å²) in [5, 5.41) is 0. The van der Waals surface area contributed by atoms with E-state index < -0.39 is 0 Å². The molecule has 1 aliphatic rings. The third-order valence-electron chi connectivity index (χ3n) is 6.29. The van der Waals surface area contributed by atoms with Crippen molar-refractivity contribution in [3.05, 3.63) is 29.8 Å². The van der Waals surface area contributed by atoms with Gasteiger partial charge in [-0.05, 0) is 66.0 Å². The number of ether oxygens (including phenoxy) is 2. The molecule has 0 aliphatic heterocycles. The van der Waals surface area contributed by atoms with Crippen LogP contribution in [0.25, 0.3) is 0 Å². The first-order chi connectivity index (χ1) is 13.2. The van der Waals surface area contributed by atoms with Crippen LogP contribution in [0.3, 0.4) is 0 Å². The lowest BCUT2D eigenvalue weighted by Crippen LogP contribution is -2.25. The molecule has 0 heterocycles. The van der Waals surface area contributed by atoms with Crippen molar-refractivity contribution in [3.63, 3.8) is 0 Å². The molecule has 2 unspecified atom stereocenters. The van der Waals surface area contributed by atoms with Gasteiger partial charge in [0.05, 0.1) is 6.61 Å². The zero-order valence-corrected chi connectivity index (χ0v) is 19.5. The molecule has 2 rings (SSSR count). The Bertz CT molecular complexity index is 547. The molecule has 1 aliphatic carbocycles. The highest BCUT2D eigenvalue weighted by Crippen LogP contribution is 2.40. The first-order valence-corrected chi connectivity index (χ1v) is 11.6. The first-order valence-electron chi connectivity index (χ1n) is 11.6. The van der Waals surface area contributed by atoms with Crippen LogP contribution in [0.2, 0.25) is 0 Å². The van der Waals surface area contributed by atoms with Crippen molar-refractivity contribution >= 4 is 0 Å². The molecule has 2 atom stereocenters. The van der Waals surface area contributed by atoms with E-state index >= 15 is 0 Å². The van der Waals surface area contributed by atoms with E-state index in [1.807, 2.05) is 0 Å². The summed E-state index contributed by atoms with van der Waals surface area (Å²) in [4.78, 5) is 0. The maximum absolute atomic E-state index is 6.16. The van der Waals surface area contributed by atoms with Crippen LogP contribution in [0.5, 0.6) is 5.75 Å². The van der Waals surface area contributed by atoms with Crippen LogP contribution in [0.1, 0.15) is 98.5 Å². The van der Waals surface area contributed by atoms with Crippen LogP contribution < -0.4 is 4.74 Å². The van der Waals surface area contributed by atoms with Crippen molar-refractivity contribution in [2.24, 2.45) is 23.2 Å². The van der Waals surface area contributed by atoms with Crippen molar-refractivity contribution in [1.82, 2.24) is 0 Å². The second kappa shape index (κ2) is 10.7. The molecule has 0 spiro atoms. The highest BCUT2D eigenvalue weighted by Gasteiger charge is 2.27. The Labute approximate surface area is 174 Å². The number of benzene rings is 1. The second-order valence-electron chi connectivity index (χ2n) is 10.5. The van der Waals surface area contributed by atoms with E-state index in [4.69, 9.17) is 9.47 Å².